The molecule has 0 bridgehead atoms. The van der Waals surface area contributed by atoms with Crippen molar-refractivity contribution >= 4 is 0 Å². The molecule has 0 atom stereocenters. The molecule has 13 heavy (non-hydrogen) atoms. The monoisotopic (exact) mass is 186 g/mol. The zero-order chi connectivity index (χ0) is 10.5. The van der Waals surface area contributed by atoms with Gasteiger partial charge in [-0.3, -0.25) is 0 Å². The highest BCUT2D eigenvalue weighted by molar-refractivity contribution is 4.70. The summed E-state index contributed by atoms with van der Waals surface area (Å²) < 4.78 is 5.64. The van der Waals surface area contributed by atoms with E-state index in [0.717, 1.165) is 13.0 Å². The van der Waals surface area contributed by atoms with E-state index < -0.39 is 0 Å². The molecule has 0 aromatic rings. The number of ether oxygens (including phenoxy) is 1. The quantitative estimate of drug-likeness (QED) is 0.630. The van der Waals surface area contributed by atoms with Crippen LogP contribution in [0.25, 0.3) is 0 Å². The molecule has 0 unspecified atom stereocenters. The Balaban J connectivity index is 3.63. The molecule has 0 fully saturated rings. The van der Waals surface area contributed by atoms with Crippen molar-refractivity contribution in [3.8, 4) is 0 Å². The van der Waals surface area contributed by atoms with Crippen molar-refractivity contribution in [2.75, 3.05) is 6.61 Å². The third kappa shape index (κ3) is 8.29. The largest absolute Gasteiger partial charge is 0.376 e. The van der Waals surface area contributed by atoms with Crippen molar-refractivity contribution in [3.63, 3.8) is 0 Å². The van der Waals surface area contributed by atoms with Crippen LogP contribution in [0.1, 0.15) is 60.8 Å². The van der Waals surface area contributed by atoms with E-state index in [9.17, 15) is 0 Å². The van der Waals surface area contributed by atoms with Crippen molar-refractivity contribution in [1.82, 2.24) is 0 Å². The topological polar surface area (TPSA) is 9.23 Å². The van der Waals surface area contributed by atoms with Gasteiger partial charge in [-0.1, -0.05) is 27.2 Å². The van der Waals surface area contributed by atoms with E-state index in [-0.39, 0.29) is 5.60 Å². The summed E-state index contributed by atoms with van der Waals surface area (Å²) in [6.45, 7) is 14.1. The molecule has 1 nitrogen and oxygen atoms in total. The fourth-order valence-corrected chi connectivity index (χ4v) is 1.51. The SMILES string of the molecule is CCOC(C)(C)CCCC(C)(C)C. The van der Waals surface area contributed by atoms with Crippen LogP contribution in [-0.4, -0.2) is 12.2 Å². The summed E-state index contributed by atoms with van der Waals surface area (Å²) in [7, 11) is 0. The fourth-order valence-electron chi connectivity index (χ4n) is 1.51. The zero-order valence-corrected chi connectivity index (χ0v) is 10.2. The first-order chi connectivity index (χ1) is 5.77. The summed E-state index contributed by atoms with van der Waals surface area (Å²) in [5, 5.41) is 0. The van der Waals surface area contributed by atoms with Gasteiger partial charge in [-0.15, -0.1) is 0 Å². The van der Waals surface area contributed by atoms with Crippen molar-refractivity contribution in [2.24, 2.45) is 5.41 Å². The second kappa shape index (κ2) is 4.99. The average Bonchev–Trinajstić information content (AvgIpc) is 1.82. The van der Waals surface area contributed by atoms with Crippen LogP contribution in [0.15, 0.2) is 0 Å². The van der Waals surface area contributed by atoms with E-state index in [1.807, 2.05) is 0 Å². The number of hydrogen-bond acceptors (Lipinski definition) is 1. The van der Waals surface area contributed by atoms with Gasteiger partial charge in [0.05, 0.1) is 5.60 Å². The molecule has 0 amide bonds. The van der Waals surface area contributed by atoms with E-state index in [0.29, 0.717) is 5.41 Å². The molecule has 80 valence electrons. The molecule has 0 spiro atoms. The Morgan fingerprint density at radius 1 is 0.923 bits per heavy atom. The van der Waals surface area contributed by atoms with Gasteiger partial charge in [0, 0.05) is 6.61 Å². The van der Waals surface area contributed by atoms with Gasteiger partial charge in [-0.2, -0.15) is 0 Å². The van der Waals surface area contributed by atoms with Gasteiger partial charge in [-0.25, -0.2) is 0 Å². The third-order valence-electron chi connectivity index (χ3n) is 2.24. The van der Waals surface area contributed by atoms with E-state index in [1.54, 1.807) is 0 Å². The molecule has 0 radical (unpaired) electrons. The molecule has 0 aromatic carbocycles. The highest BCUT2D eigenvalue weighted by Crippen LogP contribution is 2.25. The maximum Gasteiger partial charge on any atom is 0.0626 e. The maximum atomic E-state index is 5.64. The Hall–Kier alpha value is -0.0400. The van der Waals surface area contributed by atoms with Crippen molar-refractivity contribution in [3.05, 3.63) is 0 Å². The van der Waals surface area contributed by atoms with Crippen molar-refractivity contribution < 1.29 is 4.74 Å². The Bertz CT molecular complexity index is 131. The summed E-state index contributed by atoms with van der Waals surface area (Å²) in [4.78, 5) is 0. The van der Waals surface area contributed by atoms with Gasteiger partial charge >= 0.3 is 0 Å². The minimum Gasteiger partial charge on any atom is -0.376 e. The van der Waals surface area contributed by atoms with Crippen LogP contribution in [0.5, 0.6) is 0 Å². The van der Waals surface area contributed by atoms with E-state index >= 15 is 0 Å². The molecule has 0 N–H and O–H groups in total. The Morgan fingerprint density at radius 2 is 1.46 bits per heavy atom. The van der Waals surface area contributed by atoms with Crippen LogP contribution >= 0.6 is 0 Å². The van der Waals surface area contributed by atoms with Gasteiger partial charge in [0.1, 0.15) is 0 Å². The summed E-state index contributed by atoms with van der Waals surface area (Å²) in [5.41, 5.74) is 0.530. The standard InChI is InChI=1S/C12H26O/c1-7-13-12(5,6)10-8-9-11(2,3)4/h7-10H2,1-6H3. The van der Waals surface area contributed by atoms with Gasteiger partial charge in [-0.05, 0) is 39.0 Å². The predicted molar refractivity (Wildman–Crippen MR) is 59.0 cm³/mol. The molecule has 0 aliphatic rings. The van der Waals surface area contributed by atoms with Crippen LogP contribution in [-0.2, 0) is 4.74 Å². The molecular formula is C12H26O. The number of rotatable bonds is 5. The Kier molecular flexibility index (Phi) is 4.98. The fraction of sp³-hybridized carbons (Fsp3) is 1.00. The van der Waals surface area contributed by atoms with E-state index in [2.05, 4.69) is 41.5 Å². The molecule has 0 aromatic heterocycles. The van der Waals surface area contributed by atoms with Gasteiger partial charge < -0.3 is 4.74 Å². The first kappa shape index (κ1) is 13.0. The lowest BCUT2D eigenvalue weighted by atomic mass is 9.87. The van der Waals surface area contributed by atoms with Crippen molar-refractivity contribution in [2.45, 2.75) is 66.4 Å². The molecule has 1 heteroatoms. The van der Waals surface area contributed by atoms with Crippen LogP contribution < -0.4 is 0 Å². The molecule has 0 aliphatic carbocycles. The normalized spacial score (nSPS) is 13.4. The third-order valence-corrected chi connectivity index (χ3v) is 2.24. The maximum absolute atomic E-state index is 5.64. The van der Waals surface area contributed by atoms with Crippen LogP contribution in [0.3, 0.4) is 0 Å². The first-order valence-corrected chi connectivity index (χ1v) is 5.41. The molecule has 0 heterocycles. The van der Waals surface area contributed by atoms with Crippen LogP contribution in [0, 0.1) is 5.41 Å². The second-order valence-corrected chi connectivity index (χ2v) is 5.61. The predicted octanol–water partition coefficient (Wildman–Crippen LogP) is 4.02. The highest BCUT2D eigenvalue weighted by Gasteiger charge is 2.18. The minimum atomic E-state index is 0.0694. The highest BCUT2D eigenvalue weighted by atomic mass is 16.5. The lowest BCUT2D eigenvalue weighted by Crippen LogP contribution is -2.24. The average molecular weight is 186 g/mol. The Labute approximate surface area is 83.9 Å². The van der Waals surface area contributed by atoms with Gasteiger partial charge in [0.25, 0.3) is 0 Å². The van der Waals surface area contributed by atoms with Gasteiger partial charge in [0.15, 0.2) is 0 Å². The molecule has 0 saturated carbocycles. The second-order valence-electron chi connectivity index (χ2n) is 5.61. The summed E-state index contributed by atoms with van der Waals surface area (Å²) >= 11 is 0. The zero-order valence-electron chi connectivity index (χ0n) is 10.2. The van der Waals surface area contributed by atoms with E-state index in [1.165, 1.54) is 12.8 Å². The van der Waals surface area contributed by atoms with Crippen LogP contribution in [0.4, 0.5) is 0 Å². The summed E-state index contributed by atoms with van der Waals surface area (Å²) in [5.74, 6) is 0. The Morgan fingerprint density at radius 3 is 1.85 bits per heavy atom. The molecular weight excluding hydrogens is 160 g/mol. The summed E-state index contributed by atoms with van der Waals surface area (Å²) in [6.07, 6.45) is 3.71. The summed E-state index contributed by atoms with van der Waals surface area (Å²) in [6, 6.07) is 0. The van der Waals surface area contributed by atoms with E-state index in [4.69, 9.17) is 4.74 Å². The van der Waals surface area contributed by atoms with Crippen LogP contribution in [0.2, 0.25) is 0 Å². The lowest BCUT2D eigenvalue weighted by molar-refractivity contribution is -0.0189. The number of hydrogen-bond donors (Lipinski definition) is 0. The smallest absolute Gasteiger partial charge is 0.0626 e. The first-order valence-electron chi connectivity index (χ1n) is 5.41. The molecule has 0 saturated heterocycles. The molecule has 0 rings (SSSR count). The molecule has 0 aliphatic heterocycles. The minimum absolute atomic E-state index is 0.0694. The van der Waals surface area contributed by atoms with Crippen molar-refractivity contribution in [1.29, 1.82) is 0 Å². The lowest BCUT2D eigenvalue weighted by Gasteiger charge is -2.26. The van der Waals surface area contributed by atoms with Gasteiger partial charge in [0.2, 0.25) is 0 Å².